The van der Waals surface area contributed by atoms with Crippen LogP contribution in [0.1, 0.15) is 114 Å². The van der Waals surface area contributed by atoms with Gasteiger partial charge in [-0.25, -0.2) is 9.97 Å². The van der Waals surface area contributed by atoms with E-state index in [0.717, 1.165) is 24.1 Å². The molecule has 6 atom stereocenters. The second kappa shape index (κ2) is 24.6. The second-order valence-corrected chi connectivity index (χ2v) is 20.0. The number of carbonyl (C=O) groups is 6. The summed E-state index contributed by atoms with van der Waals surface area (Å²) < 4.78 is 46.4. The van der Waals surface area contributed by atoms with E-state index in [2.05, 4.69) is 67.3 Å². The van der Waals surface area contributed by atoms with Gasteiger partial charge < -0.3 is 46.0 Å². The zero-order chi connectivity index (χ0) is 51.5. The summed E-state index contributed by atoms with van der Waals surface area (Å²) in [6.07, 6.45) is 6.67. The van der Waals surface area contributed by atoms with Gasteiger partial charge in [-0.1, -0.05) is 6.07 Å². The molecule has 0 spiro atoms. The number of likely N-dealkylation sites (tertiary alicyclic amines) is 2. The van der Waals surface area contributed by atoms with E-state index >= 15 is 0 Å². The minimum atomic E-state index is -4.55. The fourth-order valence-corrected chi connectivity index (χ4v) is 10.7. The highest BCUT2D eigenvalue weighted by Gasteiger charge is 2.45. The maximum absolute atomic E-state index is 14.1. The van der Waals surface area contributed by atoms with Crippen molar-refractivity contribution in [2.45, 2.75) is 146 Å². The number of rotatable bonds is 21. The highest BCUT2D eigenvalue weighted by molar-refractivity contribution is 5.94. The van der Waals surface area contributed by atoms with E-state index in [-0.39, 0.29) is 115 Å². The van der Waals surface area contributed by atoms with Crippen molar-refractivity contribution in [2.75, 3.05) is 52.3 Å². The Kier molecular flexibility index (Phi) is 18.4. The number of benzene rings is 1. The maximum atomic E-state index is 14.1. The minimum Gasteiger partial charge on any atom is -0.381 e. The number of nitrogens with zero attached hydrogens (tertiary/aromatic N) is 6. The van der Waals surface area contributed by atoms with E-state index in [9.17, 15) is 41.9 Å². The molecule has 7 rings (SSSR count). The van der Waals surface area contributed by atoms with E-state index < -0.39 is 23.7 Å². The first-order chi connectivity index (χ1) is 34.5. The number of hydrogen-bond acceptors (Lipinski definition) is 12. The molecule has 3 aromatic rings. The molecule has 0 radical (unpaired) electrons. The molecule has 2 saturated carbocycles. The number of fused-ring (bicyclic) bond motifs is 1. The van der Waals surface area contributed by atoms with Crippen molar-refractivity contribution in [3.8, 4) is 0 Å². The first-order valence-corrected chi connectivity index (χ1v) is 25.5. The standard InChI is InChI=1S/C51H70F3N11O7/c1-31(2)63(3)36-15-17-42(65-23-18-40(50(65)71)61-47-37-26-34(51(52,53)54)12-16-39(37)58-30-59-47)41(27-36)62-48(69)32-10-13-35(14-11-32)60-44(67)19-25-72-24-7-22-56-43(66)9-6-21-57-49(70)38-28-45(68)64(4)46(38)33-8-5-20-55-29-33/h5,8,12,16,20,26,29-32,35-36,38,40-42,46H,6-7,9-11,13-15,17-19,21-25,27-28H2,1-4H3,(H,56,66)(H,57,70)(H,60,67)(H,62,69)(H,58,59,61)/t32-,35+,36-,38+,40+,41-,42+,46-/m1/s1. The quantitative estimate of drug-likeness (QED) is 0.0932. The van der Waals surface area contributed by atoms with Gasteiger partial charge in [0.25, 0.3) is 0 Å². The fourth-order valence-electron chi connectivity index (χ4n) is 10.7. The Hall–Kier alpha value is -5.96. The van der Waals surface area contributed by atoms with Gasteiger partial charge in [0.1, 0.15) is 18.2 Å². The topological polar surface area (TPSA) is 220 Å². The van der Waals surface area contributed by atoms with Crippen LogP contribution in [-0.4, -0.2) is 148 Å². The number of anilines is 1. The molecule has 1 aromatic carbocycles. The number of aromatic nitrogens is 3. The Bertz CT molecular complexity index is 2370. The van der Waals surface area contributed by atoms with Crippen molar-refractivity contribution < 1.29 is 46.7 Å². The van der Waals surface area contributed by atoms with Crippen LogP contribution in [0, 0.1) is 11.8 Å². The van der Waals surface area contributed by atoms with Gasteiger partial charge in [-0.05, 0) is 115 Å². The van der Waals surface area contributed by atoms with E-state index in [4.69, 9.17) is 4.74 Å². The minimum absolute atomic E-state index is 0.0618. The third-order valence-corrected chi connectivity index (χ3v) is 15.0. The SMILES string of the molecule is CC(C)N(C)[C@@H]1CC[C@H](N2CC[C@H](Nc3ncnc4ccc(C(F)(F)F)cc34)C2=O)[C@H](NC(=O)[C@H]2CC[C@@H](NC(=O)CCOCCCNC(=O)CCCNC(=O)[C@H]3CC(=O)N(C)[C@@H]3c3cccnc3)CC2)C1. The van der Waals surface area contributed by atoms with Crippen molar-refractivity contribution in [1.82, 2.24) is 50.9 Å². The molecule has 4 aliphatic rings. The zero-order valence-corrected chi connectivity index (χ0v) is 41.7. The molecule has 18 nitrogen and oxygen atoms in total. The van der Waals surface area contributed by atoms with Crippen LogP contribution in [0.3, 0.4) is 0 Å². The number of ether oxygens (including phenoxy) is 1. The second-order valence-electron chi connectivity index (χ2n) is 20.0. The van der Waals surface area contributed by atoms with E-state index in [1.165, 1.54) is 12.4 Å². The Morgan fingerprint density at radius 2 is 1.67 bits per heavy atom. The van der Waals surface area contributed by atoms with Gasteiger partial charge in [0.05, 0.1) is 41.7 Å². The molecule has 72 heavy (non-hydrogen) atoms. The molecule has 2 saturated heterocycles. The van der Waals surface area contributed by atoms with Crippen molar-refractivity contribution in [3.63, 3.8) is 0 Å². The Morgan fingerprint density at radius 3 is 2.40 bits per heavy atom. The van der Waals surface area contributed by atoms with Crippen molar-refractivity contribution in [3.05, 3.63) is 60.2 Å². The molecular weight excluding hydrogens is 936 g/mol. The van der Waals surface area contributed by atoms with E-state index in [1.54, 1.807) is 30.4 Å². The molecule has 4 fully saturated rings. The first-order valence-electron chi connectivity index (χ1n) is 25.5. The molecule has 2 aliphatic heterocycles. The summed E-state index contributed by atoms with van der Waals surface area (Å²) in [5.41, 5.74) is 0.299. The lowest BCUT2D eigenvalue weighted by molar-refractivity contribution is -0.137. The Balaban J connectivity index is 0.782. The number of halogens is 3. The molecule has 0 bridgehead atoms. The van der Waals surface area contributed by atoms with Gasteiger partial charge in [-0.3, -0.25) is 33.8 Å². The molecule has 2 aromatic heterocycles. The Morgan fingerprint density at radius 1 is 0.889 bits per heavy atom. The van der Waals surface area contributed by atoms with Crippen LogP contribution >= 0.6 is 0 Å². The van der Waals surface area contributed by atoms with E-state index in [0.29, 0.717) is 89.5 Å². The van der Waals surface area contributed by atoms with Crippen LogP contribution in [0.15, 0.2) is 49.1 Å². The maximum Gasteiger partial charge on any atom is 0.416 e. The third kappa shape index (κ3) is 13.8. The molecule has 4 heterocycles. The van der Waals surface area contributed by atoms with Crippen LogP contribution in [0.4, 0.5) is 19.0 Å². The largest absolute Gasteiger partial charge is 0.416 e. The summed E-state index contributed by atoms with van der Waals surface area (Å²) in [5, 5.41) is 15.5. The monoisotopic (exact) mass is 1010 g/mol. The van der Waals surface area contributed by atoms with Crippen molar-refractivity contribution in [2.24, 2.45) is 11.8 Å². The molecule has 6 amide bonds. The summed E-state index contributed by atoms with van der Waals surface area (Å²) >= 11 is 0. The molecule has 2 aliphatic carbocycles. The predicted octanol–water partition coefficient (Wildman–Crippen LogP) is 4.51. The number of hydrogen-bond donors (Lipinski definition) is 5. The number of pyridine rings is 1. The number of alkyl halides is 3. The summed E-state index contributed by atoms with van der Waals surface area (Å²) in [6.45, 7) is 5.99. The summed E-state index contributed by atoms with van der Waals surface area (Å²) in [4.78, 5) is 96.8. The fraction of sp³-hybridized carbons (Fsp3) is 0.627. The van der Waals surface area contributed by atoms with E-state index in [1.807, 2.05) is 11.0 Å². The highest BCUT2D eigenvalue weighted by Crippen LogP contribution is 2.38. The molecule has 0 unspecified atom stereocenters. The lowest BCUT2D eigenvalue weighted by Crippen LogP contribution is -2.59. The molecule has 21 heteroatoms. The highest BCUT2D eigenvalue weighted by atomic mass is 19.4. The van der Waals surface area contributed by atoms with Gasteiger partial charge in [0, 0.05) is 94.4 Å². The van der Waals surface area contributed by atoms with Crippen molar-refractivity contribution >= 4 is 52.2 Å². The third-order valence-electron chi connectivity index (χ3n) is 15.0. The average molecular weight is 1010 g/mol. The molecular formula is C51H70F3N11O7. The number of carbonyl (C=O) groups excluding carboxylic acids is 6. The first kappa shape index (κ1) is 53.8. The van der Waals surface area contributed by atoms with Gasteiger partial charge in [0.2, 0.25) is 35.4 Å². The van der Waals surface area contributed by atoms with Crippen LogP contribution in [0.25, 0.3) is 10.9 Å². The number of nitrogens with one attached hydrogen (secondary N) is 5. The van der Waals surface area contributed by atoms with Gasteiger partial charge in [-0.2, -0.15) is 13.2 Å². The summed E-state index contributed by atoms with van der Waals surface area (Å²) in [5.74, 6) is -1.46. The average Bonchev–Trinajstić information content (AvgIpc) is 3.88. The normalized spacial score (nSPS) is 24.7. The predicted molar refractivity (Wildman–Crippen MR) is 262 cm³/mol. The summed E-state index contributed by atoms with van der Waals surface area (Å²) in [7, 11) is 3.76. The molecule has 5 N–H and O–H groups in total. The van der Waals surface area contributed by atoms with Gasteiger partial charge in [0.15, 0.2) is 0 Å². The van der Waals surface area contributed by atoms with Crippen LogP contribution < -0.4 is 26.6 Å². The lowest BCUT2D eigenvalue weighted by Gasteiger charge is -2.45. The van der Waals surface area contributed by atoms with Crippen LogP contribution in [0.5, 0.6) is 0 Å². The lowest BCUT2D eigenvalue weighted by atomic mass is 9.82. The zero-order valence-electron chi connectivity index (χ0n) is 41.7. The number of amides is 6. The molecule has 392 valence electrons. The van der Waals surface area contributed by atoms with Gasteiger partial charge in [-0.15, -0.1) is 0 Å². The smallest absolute Gasteiger partial charge is 0.381 e. The summed E-state index contributed by atoms with van der Waals surface area (Å²) in [6, 6.07) is 5.66. The van der Waals surface area contributed by atoms with Crippen LogP contribution in [-0.2, 0) is 39.7 Å². The Labute approximate surface area is 418 Å². The van der Waals surface area contributed by atoms with Gasteiger partial charge >= 0.3 is 6.18 Å². The van der Waals surface area contributed by atoms with Crippen molar-refractivity contribution in [1.29, 1.82) is 0 Å². The van der Waals surface area contributed by atoms with Crippen LogP contribution in [0.2, 0.25) is 0 Å².